The van der Waals surface area contributed by atoms with E-state index in [0.29, 0.717) is 4.48 Å². The quantitative estimate of drug-likeness (QED) is 0.574. The summed E-state index contributed by atoms with van der Waals surface area (Å²) < 4.78 is 5.12. The summed E-state index contributed by atoms with van der Waals surface area (Å²) in [6.07, 6.45) is -0.455. The molecule has 78 valence electrons. The van der Waals surface area contributed by atoms with Crippen molar-refractivity contribution in [2.75, 3.05) is 0 Å². The summed E-state index contributed by atoms with van der Waals surface area (Å²) in [6.45, 7) is 1.24. The predicted molar refractivity (Wildman–Crippen MR) is 56.3 cm³/mol. The molecule has 4 nitrogen and oxygen atoms in total. The molecular weight excluding hydrogens is 320 g/mol. The number of hydrogen-bond acceptors (Lipinski definition) is 4. The highest BCUT2D eigenvalue weighted by atomic mass is 79.9. The second-order valence-corrected chi connectivity index (χ2v) is 4.69. The number of hydrogen-bond donors (Lipinski definition) is 1. The summed E-state index contributed by atoms with van der Waals surface area (Å²) in [5, 5.41) is 9.56. The van der Waals surface area contributed by atoms with E-state index in [1.54, 1.807) is 0 Å². The third kappa shape index (κ3) is 2.43. The first-order chi connectivity index (χ1) is 6.43. The maximum absolute atomic E-state index is 11.3. The number of allylic oxidation sites excluding steroid dienone is 1. The predicted octanol–water partition coefficient (Wildman–Crippen LogP) is 0.904. The third-order valence-corrected chi connectivity index (χ3v) is 3.35. The minimum atomic E-state index is -1.05. The Morgan fingerprint density at radius 1 is 1.64 bits per heavy atom. The molecule has 0 unspecified atom stereocenters. The number of carbonyl (C=O) groups excluding carboxylic acids is 2. The van der Waals surface area contributed by atoms with Gasteiger partial charge in [0.15, 0.2) is 5.78 Å². The van der Waals surface area contributed by atoms with Crippen molar-refractivity contribution in [1.82, 2.24) is 0 Å². The fraction of sp³-hybridized carbons (Fsp3) is 0.500. The first-order valence-corrected chi connectivity index (χ1v) is 5.55. The van der Waals surface area contributed by atoms with Gasteiger partial charge in [-0.25, -0.2) is 0 Å². The number of esters is 1. The molecule has 0 saturated heterocycles. The van der Waals surface area contributed by atoms with Crippen LogP contribution in [-0.4, -0.2) is 33.9 Å². The minimum absolute atomic E-state index is 0.263. The molecule has 3 atom stereocenters. The summed E-state index contributed by atoms with van der Waals surface area (Å²) in [5.74, 6) is -0.763. The topological polar surface area (TPSA) is 63.6 Å². The molecule has 0 radical (unpaired) electrons. The Balaban J connectivity index is 2.87. The van der Waals surface area contributed by atoms with E-state index < -0.39 is 23.0 Å². The molecule has 1 aliphatic carbocycles. The molecule has 14 heavy (non-hydrogen) atoms. The zero-order valence-corrected chi connectivity index (χ0v) is 10.4. The number of aliphatic hydroxyl groups excluding tert-OH is 1. The van der Waals surface area contributed by atoms with Gasteiger partial charge in [-0.1, -0.05) is 15.9 Å². The van der Waals surface area contributed by atoms with E-state index in [0.717, 1.165) is 0 Å². The highest BCUT2D eigenvalue weighted by molar-refractivity contribution is 9.12. The minimum Gasteiger partial charge on any atom is -0.455 e. The van der Waals surface area contributed by atoms with Crippen LogP contribution in [0.1, 0.15) is 6.92 Å². The highest BCUT2D eigenvalue weighted by Crippen LogP contribution is 2.27. The fourth-order valence-corrected chi connectivity index (χ4v) is 2.44. The van der Waals surface area contributed by atoms with Gasteiger partial charge in [0.25, 0.3) is 0 Å². The standard InChI is InChI=1S/C8H8Br2O4/c1-3(11)14-5-2-4(9)7(12)6(10)8(5)13/h2,5-6,8,13H,1H3/t5-,6-,8+/m0/s1. The molecule has 1 rings (SSSR count). The summed E-state index contributed by atoms with van der Waals surface area (Å²) in [4.78, 5) is 21.2. The van der Waals surface area contributed by atoms with E-state index >= 15 is 0 Å². The number of rotatable bonds is 1. The van der Waals surface area contributed by atoms with Crippen molar-refractivity contribution in [2.24, 2.45) is 0 Å². The van der Waals surface area contributed by atoms with Crippen LogP contribution in [0.3, 0.4) is 0 Å². The molecule has 0 spiro atoms. The zero-order valence-electron chi connectivity index (χ0n) is 7.24. The van der Waals surface area contributed by atoms with Gasteiger partial charge < -0.3 is 9.84 Å². The molecule has 0 saturated carbocycles. The fourth-order valence-electron chi connectivity index (χ4n) is 1.07. The maximum Gasteiger partial charge on any atom is 0.303 e. The van der Waals surface area contributed by atoms with Crippen molar-refractivity contribution in [1.29, 1.82) is 0 Å². The molecule has 0 amide bonds. The van der Waals surface area contributed by atoms with Gasteiger partial charge in [-0.15, -0.1) is 0 Å². The van der Waals surface area contributed by atoms with Crippen molar-refractivity contribution in [2.45, 2.75) is 24.0 Å². The van der Waals surface area contributed by atoms with E-state index in [1.807, 2.05) is 0 Å². The van der Waals surface area contributed by atoms with Gasteiger partial charge in [0, 0.05) is 6.92 Å². The van der Waals surface area contributed by atoms with Crippen LogP contribution in [0.5, 0.6) is 0 Å². The molecule has 0 aromatic carbocycles. The second-order valence-electron chi connectivity index (χ2n) is 2.85. The van der Waals surface area contributed by atoms with Crippen molar-refractivity contribution in [3.05, 3.63) is 10.6 Å². The summed E-state index contributed by atoms with van der Waals surface area (Å²) in [7, 11) is 0. The smallest absolute Gasteiger partial charge is 0.303 e. The van der Waals surface area contributed by atoms with Crippen molar-refractivity contribution in [3.63, 3.8) is 0 Å². The largest absolute Gasteiger partial charge is 0.455 e. The van der Waals surface area contributed by atoms with Crippen LogP contribution in [-0.2, 0) is 14.3 Å². The van der Waals surface area contributed by atoms with Crippen LogP contribution in [0.25, 0.3) is 0 Å². The molecule has 0 heterocycles. The number of Topliss-reactive ketones (excluding diaryl/α,β-unsaturated/α-hetero) is 1. The number of ketones is 1. The first kappa shape index (κ1) is 11.9. The molecule has 0 aliphatic heterocycles. The van der Waals surface area contributed by atoms with Gasteiger partial charge in [0.05, 0.1) is 4.48 Å². The van der Waals surface area contributed by atoms with Crippen LogP contribution in [0, 0.1) is 0 Å². The summed E-state index contributed by atoms with van der Waals surface area (Å²) >= 11 is 6.06. The van der Waals surface area contributed by atoms with Gasteiger partial charge in [0.2, 0.25) is 0 Å². The van der Waals surface area contributed by atoms with Crippen molar-refractivity contribution >= 4 is 43.6 Å². The third-order valence-electron chi connectivity index (χ3n) is 1.73. The Labute approximate surface area is 97.6 Å². The van der Waals surface area contributed by atoms with Crippen LogP contribution >= 0.6 is 31.9 Å². The molecule has 0 fully saturated rings. The van der Waals surface area contributed by atoms with Gasteiger partial charge in [-0.2, -0.15) is 0 Å². The molecule has 0 aromatic heterocycles. The lowest BCUT2D eigenvalue weighted by atomic mass is 10.0. The highest BCUT2D eigenvalue weighted by Gasteiger charge is 2.37. The van der Waals surface area contributed by atoms with Crippen LogP contribution in [0.4, 0.5) is 0 Å². The lowest BCUT2D eigenvalue weighted by Crippen LogP contribution is -2.43. The zero-order chi connectivity index (χ0) is 10.9. The summed E-state index contributed by atoms with van der Waals surface area (Å²) in [5.41, 5.74) is 0. The van der Waals surface area contributed by atoms with Crippen LogP contribution in [0.15, 0.2) is 10.6 Å². The van der Waals surface area contributed by atoms with E-state index in [2.05, 4.69) is 31.9 Å². The Hall–Kier alpha value is -0.200. The number of aliphatic hydroxyl groups is 1. The Morgan fingerprint density at radius 3 is 2.71 bits per heavy atom. The first-order valence-electron chi connectivity index (χ1n) is 3.84. The molecule has 1 aliphatic rings. The van der Waals surface area contributed by atoms with Crippen LogP contribution in [0.2, 0.25) is 0 Å². The molecular formula is C8H8Br2O4. The lowest BCUT2D eigenvalue weighted by Gasteiger charge is -2.27. The Morgan fingerprint density at radius 2 is 2.21 bits per heavy atom. The van der Waals surface area contributed by atoms with Gasteiger partial charge in [0.1, 0.15) is 17.0 Å². The Kier molecular flexibility index (Phi) is 3.86. The number of ether oxygens (including phenoxy) is 1. The van der Waals surface area contributed by atoms with E-state index in [4.69, 9.17) is 4.74 Å². The SMILES string of the molecule is CC(=O)O[C@H]1C=C(Br)C(=O)[C@H](Br)[C@@H]1O. The number of alkyl halides is 1. The lowest BCUT2D eigenvalue weighted by molar-refractivity contribution is -0.150. The van der Waals surface area contributed by atoms with Gasteiger partial charge in [-0.3, -0.25) is 9.59 Å². The molecule has 6 heteroatoms. The molecule has 0 bridgehead atoms. The number of halogens is 2. The van der Waals surface area contributed by atoms with Crippen molar-refractivity contribution in [3.8, 4) is 0 Å². The van der Waals surface area contributed by atoms with Gasteiger partial charge >= 0.3 is 5.97 Å². The maximum atomic E-state index is 11.3. The number of carbonyl (C=O) groups is 2. The van der Waals surface area contributed by atoms with Crippen molar-refractivity contribution < 1.29 is 19.4 Å². The van der Waals surface area contributed by atoms with Gasteiger partial charge in [-0.05, 0) is 22.0 Å². The average molecular weight is 328 g/mol. The molecule has 1 N–H and O–H groups in total. The van der Waals surface area contributed by atoms with Crippen LogP contribution < -0.4 is 0 Å². The monoisotopic (exact) mass is 326 g/mol. The summed E-state index contributed by atoms with van der Waals surface area (Å²) in [6, 6.07) is 0. The average Bonchev–Trinajstić information content (AvgIpc) is 2.10. The Bertz CT molecular complexity index is 300. The normalized spacial score (nSPS) is 32.4. The van der Waals surface area contributed by atoms with E-state index in [-0.39, 0.29) is 5.78 Å². The molecule has 0 aromatic rings. The van der Waals surface area contributed by atoms with E-state index in [9.17, 15) is 14.7 Å². The van der Waals surface area contributed by atoms with E-state index in [1.165, 1.54) is 13.0 Å². The second kappa shape index (κ2) is 4.55.